The van der Waals surface area contributed by atoms with Crippen molar-refractivity contribution < 1.29 is 8.83 Å². The third kappa shape index (κ3) is 6.36. The van der Waals surface area contributed by atoms with Crippen LogP contribution in [0.3, 0.4) is 0 Å². The van der Waals surface area contributed by atoms with Crippen molar-refractivity contribution >= 4 is 82.7 Å². The smallest absolute Gasteiger partial charge is 0.143 e. The number of hydrogen-bond acceptors (Lipinski definition) is 2. The Morgan fingerprint density at radius 2 is 1.32 bits per heavy atom. The molecule has 0 bridgehead atoms. The Hall–Kier alpha value is -8.84. The first-order valence-electron chi connectivity index (χ1n) is 27.0. The Bertz CT molecular complexity index is 4650. The van der Waals surface area contributed by atoms with Gasteiger partial charge in [0.1, 0.15) is 22.2 Å². The van der Waals surface area contributed by atoms with Gasteiger partial charge in [0, 0.05) is 66.7 Å². The highest BCUT2D eigenvalue weighted by molar-refractivity contribution is 6.22. The van der Waals surface area contributed by atoms with Crippen LogP contribution >= 0.6 is 0 Å². The molecule has 356 valence electrons. The van der Waals surface area contributed by atoms with Gasteiger partial charge in [-0.05, 0) is 141 Å². The summed E-state index contributed by atoms with van der Waals surface area (Å²) in [6.45, 7) is 0. The Labute approximate surface area is 435 Å². The molecule has 1 saturated carbocycles. The normalized spacial score (nSPS) is 16.1. The number of aromatic nitrogens is 1. The molecule has 3 heteroatoms. The van der Waals surface area contributed by atoms with Crippen LogP contribution in [0.1, 0.15) is 79.5 Å². The zero-order valence-corrected chi connectivity index (χ0v) is 41.6. The number of allylic oxidation sites excluding steroid dienone is 4. The van der Waals surface area contributed by atoms with Gasteiger partial charge in [-0.1, -0.05) is 183 Å². The number of para-hydroxylation sites is 3. The van der Waals surface area contributed by atoms with Gasteiger partial charge in [0.2, 0.25) is 0 Å². The van der Waals surface area contributed by atoms with Crippen molar-refractivity contribution in [1.82, 2.24) is 4.57 Å². The van der Waals surface area contributed by atoms with Crippen molar-refractivity contribution in [3.63, 3.8) is 0 Å². The predicted molar refractivity (Wildman–Crippen MR) is 311 cm³/mol. The molecule has 4 aliphatic carbocycles. The Morgan fingerprint density at radius 1 is 0.573 bits per heavy atom. The Balaban J connectivity index is 0.926. The summed E-state index contributed by atoms with van der Waals surface area (Å²) in [5, 5.41) is 9.48. The number of furan rings is 2. The van der Waals surface area contributed by atoms with Gasteiger partial charge in [-0.25, -0.2) is 0 Å². The van der Waals surface area contributed by atoms with Crippen LogP contribution in [-0.4, -0.2) is 4.57 Å². The van der Waals surface area contributed by atoms with Crippen molar-refractivity contribution in [3.8, 4) is 39.8 Å². The topological polar surface area (TPSA) is 31.2 Å². The van der Waals surface area contributed by atoms with Crippen LogP contribution in [0.5, 0.6) is 0 Å². The lowest BCUT2D eigenvalue weighted by Crippen LogP contribution is -2.29. The zero-order valence-electron chi connectivity index (χ0n) is 41.6. The molecule has 1 fully saturated rings. The second-order valence-electron chi connectivity index (χ2n) is 21.3. The van der Waals surface area contributed by atoms with Gasteiger partial charge in [0.25, 0.3) is 0 Å². The fourth-order valence-corrected chi connectivity index (χ4v) is 14.2. The van der Waals surface area contributed by atoms with Gasteiger partial charge in [-0.2, -0.15) is 0 Å². The van der Waals surface area contributed by atoms with E-state index in [1.165, 1.54) is 92.5 Å². The van der Waals surface area contributed by atoms with E-state index in [1.54, 1.807) is 11.1 Å². The molecule has 16 rings (SSSR count). The average Bonchev–Trinajstić information content (AvgIpc) is 4.27. The monoisotopic (exact) mass is 961 g/mol. The molecule has 1 spiro atoms. The molecule has 9 aromatic carbocycles. The number of benzene rings is 9. The lowest BCUT2D eigenvalue weighted by atomic mass is 9.66. The zero-order chi connectivity index (χ0) is 49.2. The molecule has 12 aromatic rings. The van der Waals surface area contributed by atoms with Crippen LogP contribution in [0.15, 0.2) is 215 Å². The summed E-state index contributed by atoms with van der Waals surface area (Å²) < 4.78 is 16.0. The molecule has 0 amide bonds. The van der Waals surface area contributed by atoms with Crippen molar-refractivity contribution in [1.29, 1.82) is 0 Å². The molecule has 3 heterocycles. The highest BCUT2D eigenvalue weighted by Crippen LogP contribution is 2.59. The standard InChI is InChI=1S/C72H51NO2/c1-3-18-50(19-4-1)73-62-38-36-48(43-58(62)69-51-20-6-5-17-45(51)35-39-63(69)73)49-37-40-65-59(44-49)70-57(23-9-12-30-66(70)74-65)67(56-26-16-28-61-68(56)55-22-7-10-27-60(55)72(61)41-13-2-14-42-72)47-33-31-46(32-34-47)52-24-15-25-54-53-21-8-11-29-64(53)75-71(52)54/h1,3-6,8,10-11,15-21,24-40,43-44,67H,2,7,12-14,22,41-42H2. The van der Waals surface area contributed by atoms with Crippen LogP contribution in [0, 0.1) is 11.8 Å². The Kier molecular flexibility index (Phi) is 9.43. The van der Waals surface area contributed by atoms with Crippen LogP contribution < -0.4 is 10.6 Å². The van der Waals surface area contributed by atoms with Crippen LogP contribution in [0.2, 0.25) is 0 Å². The molecule has 1 unspecified atom stereocenters. The van der Waals surface area contributed by atoms with Gasteiger partial charge >= 0.3 is 0 Å². The number of nitrogens with zero attached hydrogens (tertiary/aromatic N) is 1. The van der Waals surface area contributed by atoms with Crippen molar-refractivity contribution in [2.24, 2.45) is 0 Å². The van der Waals surface area contributed by atoms with E-state index in [1.807, 2.05) is 6.07 Å². The van der Waals surface area contributed by atoms with Gasteiger partial charge < -0.3 is 13.4 Å². The number of rotatable bonds is 6. The van der Waals surface area contributed by atoms with E-state index < -0.39 is 0 Å². The molecular weight excluding hydrogens is 911 g/mol. The molecule has 0 radical (unpaired) electrons. The summed E-state index contributed by atoms with van der Waals surface area (Å²) in [7, 11) is 0. The minimum absolute atomic E-state index is 0.0618. The van der Waals surface area contributed by atoms with Gasteiger partial charge in [0.05, 0.1) is 11.0 Å². The summed E-state index contributed by atoms with van der Waals surface area (Å²) >= 11 is 0. The maximum atomic E-state index is 6.96. The van der Waals surface area contributed by atoms with E-state index in [4.69, 9.17) is 8.83 Å². The van der Waals surface area contributed by atoms with E-state index in [9.17, 15) is 0 Å². The van der Waals surface area contributed by atoms with E-state index >= 15 is 0 Å². The molecule has 0 saturated heterocycles. The summed E-state index contributed by atoms with van der Waals surface area (Å²) in [5.74, 6) is 7.38. The van der Waals surface area contributed by atoms with Crippen molar-refractivity contribution in [3.05, 3.63) is 239 Å². The molecule has 1 atom stereocenters. The molecular formula is C72H51NO2. The minimum Gasteiger partial charge on any atom is -0.456 e. The summed E-state index contributed by atoms with van der Waals surface area (Å²) in [6.07, 6.45) is 16.1. The molecule has 0 aliphatic heterocycles. The quantitative estimate of drug-likeness (QED) is 0.156. The predicted octanol–water partition coefficient (Wildman–Crippen LogP) is 17.4. The molecule has 4 aliphatic rings. The lowest BCUT2D eigenvalue weighted by Gasteiger charge is -2.37. The Morgan fingerprint density at radius 3 is 2.21 bits per heavy atom. The van der Waals surface area contributed by atoms with E-state index in [0.29, 0.717) is 6.42 Å². The second-order valence-corrected chi connectivity index (χ2v) is 21.3. The van der Waals surface area contributed by atoms with Crippen LogP contribution in [0.25, 0.3) is 111 Å². The summed E-state index contributed by atoms with van der Waals surface area (Å²) in [4.78, 5) is 0. The first kappa shape index (κ1) is 42.6. The van der Waals surface area contributed by atoms with E-state index in [2.05, 4.69) is 217 Å². The first-order valence-corrected chi connectivity index (χ1v) is 27.0. The van der Waals surface area contributed by atoms with Gasteiger partial charge in [0.15, 0.2) is 0 Å². The fraction of sp³-hybridized carbons (Fsp3) is 0.139. The summed E-state index contributed by atoms with van der Waals surface area (Å²) in [6, 6.07) is 69.4. The van der Waals surface area contributed by atoms with Crippen molar-refractivity contribution in [2.45, 2.75) is 62.7 Å². The largest absolute Gasteiger partial charge is 0.456 e. The maximum absolute atomic E-state index is 6.96. The van der Waals surface area contributed by atoms with E-state index in [0.717, 1.165) is 84.3 Å². The molecule has 0 N–H and O–H groups in total. The minimum atomic E-state index is -0.162. The summed E-state index contributed by atoms with van der Waals surface area (Å²) in [5.41, 5.74) is 21.5. The molecule has 3 nitrogen and oxygen atoms in total. The van der Waals surface area contributed by atoms with Crippen molar-refractivity contribution in [2.75, 3.05) is 0 Å². The van der Waals surface area contributed by atoms with Gasteiger partial charge in [-0.15, -0.1) is 0 Å². The maximum Gasteiger partial charge on any atom is 0.143 e. The lowest BCUT2D eigenvalue weighted by molar-refractivity contribution is 0.350. The van der Waals surface area contributed by atoms with Crippen LogP contribution in [-0.2, 0) is 5.41 Å². The van der Waals surface area contributed by atoms with Crippen LogP contribution in [0.4, 0.5) is 0 Å². The third-order valence-electron chi connectivity index (χ3n) is 17.5. The highest BCUT2D eigenvalue weighted by atomic mass is 16.3. The first-order chi connectivity index (χ1) is 37.2. The number of fused-ring (bicyclic) bond motifs is 15. The molecule has 3 aromatic heterocycles. The highest BCUT2D eigenvalue weighted by Gasteiger charge is 2.46. The fourth-order valence-electron chi connectivity index (χ4n) is 14.2. The van der Waals surface area contributed by atoms with Gasteiger partial charge in [-0.3, -0.25) is 0 Å². The molecule has 75 heavy (non-hydrogen) atoms. The average molecular weight is 962 g/mol. The van der Waals surface area contributed by atoms with E-state index in [-0.39, 0.29) is 11.3 Å². The third-order valence-corrected chi connectivity index (χ3v) is 17.5. The SMILES string of the molecule is C1#CC(C(c2ccc(-c3cccc4c3oc3ccccc34)cc2)c2cccc3c2C2=C(C=CCC2)C32CCCCC2)=c2c(oc3ccc(-c4ccc5c(c4)c4c6ccccc6ccc4n5-c4ccccc4)cc23)=CC1. The second kappa shape index (κ2) is 16.6. The number of hydrogen-bond donors (Lipinski definition) is 0.